The van der Waals surface area contributed by atoms with Gasteiger partial charge in [0.1, 0.15) is 13.2 Å². The highest BCUT2D eigenvalue weighted by molar-refractivity contribution is 9.10. The van der Waals surface area contributed by atoms with Crippen molar-refractivity contribution in [2.45, 2.75) is 32.8 Å². The zero-order valence-electron chi connectivity index (χ0n) is 21.7. The number of hydrogen-bond donors (Lipinski definition) is 0. The Morgan fingerprint density at radius 2 is 1.74 bits per heavy atom. The van der Waals surface area contributed by atoms with Crippen LogP contribution in [0, 0.1) is 0 Å². The first-order valence-electron chi connectivity index (χ1n) is 13.0. The van der Waals surface area contributed by atoms with Crippen molar-refractivity contribution < 1.29 is 23.9 Å². The molecule has 0 aromatic heterocycles. The second-order valence-corrected chi connectivity index (χ2v) is 11.2. The molecule has 3 amide bonds. The zero-order chi connectivity index (χ0) is 27.4. The molecule has 202 valence electrons. The van der Waals surface area contributed by atoms with Gasteiger partial charge in [0.2, 0.25) is 5.91 Å². The van der Waals surface area contributed by atoms with Gasteiger partial charge in [0, 0.05) is 17.6 Å². The normalized spacial score (nSPS) is 16.8. The maximum Gasteiger partial charge on any atom is 0.294 e. The summed E-state index contributed by atoms with van der Waals surface area (Å²) in [6.45, 7) is 3.80. The Labute approximate surface area is 240 Å². The number of likely N-dealkylation sites (tertiary alicyclic amines) is 1. The lowest BCUT2D eigenvalue weighted by Crippen LogP contribution is -2.44. The second-order valence-electron chi connectivity index (χ2n) is 9.39. The molecule has 5 rings (SSSR count). The molecular formula is C30H29BrN2O5S. The van der Waals surface area contributed by atoms with E-state index in [1.54, 1.807) is 17.0 Å². The summed E-state index contributed by atoms with van der Waals surface area (Å²) in [7, 11) is 0. The smallest absolute Gasteiger partial charge is 0.294 e. The molecule has 3 aromatic rings. The number of thioether (sulfide) groups is 1. The number of benzene rings is 3. The molecule has 0 saturated carbocycles. The van der Waals surface area contributed by atoms with Gasteiger partial charge >= 0.3 is 0 Å². The Morgan fingerprint density at radius 3 is 2.54 bits per heavy atom. The largest absolute Gasteiger partial charge is 0.490 e. The molecule has 0 unspecified atom stereocenters. The third-order valence-corrected chi connectivity index (χ3v) is 8.38. The number of amides is 3. The molecular weight excluding hydrogens is 580 g/mol. The SMILES string of the molecule is CCOc1cc(/C=C2\SC(=O)N(CC(=O)N3CCCCC3)C2=O)c(Br)cc1OCc1cccc2ccccc12. The van der Waals surface area contributed by atoms with Gasteiger partial charge in [-0.2, -0.15) is 0 Å². The maximum atomic E-state index is 13.1. The Bertz CT molecular complexity index is 1450. The average molecular weight is 610 g/mol. The molecule has 0 radical (unpaired) electrons. The highest BCUT2D eigenvalue weighted by Crippen LogP contribution is 2.38. The van der Waals surface area contributed by atoms with Crippen LogP contribution < -0.4 is 9.47 Å². The Morgan fingerprint density at radius 1 is 1.00 bits per heavy atom. The van der Waals surface area contributed by atoms with E-state index in [2.05, 4.69) is 34.1 Å². The van der Waals surface area contributed by atoms with Crippen molar-refractivity contribution in [1.82, 2.24) is 9.80 Å². The summed E-state index contributed by atoms with van der Waals surface area (Å²) in [5, 5.41) is 1.84. The van der Waals surface area contributed by atoms with Crippen LogP contribution in [0.1, 0.15) is 37.3 Å². The summed E-state index contributed by atoms with van der Waals surface area (Å²) in [5.74, 6) is 0.447. The van der Waals surface area contributed by atoms with Crippen LogP contribution in [-0.2, 0) is 16.2 Å². The van der Waals surface area contributed by atoms with E-state index in [-0.39, 0.29) is 17.4 Å². The molecule has 3 aromatic carbocycles. The van der Waals surface area contributed by atoms with E-state index < -0.39 is 11.1 Å². The van der Waals surface area contributed by atoms with Crippen molar-refractivity contribution in [3.8, 4) is 11.5 Å². The van der Waals surface area contributed by atoms with Gasteiger partial charge in [-0.3, -0.25) is 19.3 Å². The summed E-state index contributed by atoms with van der Waals surface area (Å²) in [4.78, 5) is 41.4. The molecule has 39 heavy (non-hydrogen) atoms. The Hall–Kier alpha value is -3.30. The van der Waals surface area contributed by atoms with Crippen LogP contribution in [0.3, 0.4) is 0 Å². The van der Waals surface area contributed by atoms with Gasteiger partial charge in [-0.05, 0) is 78.1 Å². The first-order valence-corrected chi connectivity index (χ1v) is 14.6. The van der Waals surface area contributed by atoms with Gasteiger partial charge in [-0.1, -0.05) is 58.4 Å². The van der Waals surface area contributed by atoms with Crippen LogP contribution in [0.2, 0.25) is 0 Å². The molecule has 2 aliphatic heterocycles. The third kappa shape index (κ3) is 6.15. The van der Waals surface area contributed by atoms with E-state index in [1.165, 1.54) is 0 Å². The highest BCUT2D eigenvalue weighted by Gasteiger charge is 2.37. The fourth-order valence-electron chi connectivity index (χ4n) is 4.77. The summed E-state index contributed by atoms with van der Waals surface area (Å²) in [6, 6.07) is 17.9. The van der Waals surface area contributed by atoms with Crippen molar-refractivity contribution >= 4 is 61.6 Å². The van der Waals surface area contributed by atoms with Gasteiger partial charge in [-0.15, -0.1) is 0 Å². The number of halogens is 1. The number of hydrogen-bond acceptors (Lipinski definition) is 6. The molecule has 0 aliphatic carbocycles. The summed E-state index contributed by atoms with van der Waals surface area (Å²) in [5.41, 5.74) is 1.73. The lowest BCUT2D eigenvalue weighted by molar-refractivity contribution is -0.136. The minimum absolute atomic E-state index is 0.189. The van der Waals surface area contributed by atoms with Crippen molar-refractivity contribution in [3.05, 3.63) is 75.1 Å². The zero-order valence-corrected chi connectivity index (χ0v) is 24.1. The van der Waals surface area contributed by atoms with Crippen LogP contribution in [0.25, 0.3) is 16.8 Å². The third-order valence-electron chi connectivity index (χ3n) is 6.79. The Balaban J connectivity index is 1.34. The van der Waals surface area contributed by atoms with Gasteiger partial charge in [0.15, 0.2) is 11.5 Å². The number of fused-ring (bicyclic) bond motifs is 1. The number of piperidine rings is 1. The summed E-state index contributed by atoms with van der Waals surface area (Å²) in [6.07, 6.45) is 4.65. The Kier molecular flexibility index (Phi) is 8.57. The monoisotopic (exact) mass is 608 g/mol. The molecule has 0 atom stereocenters. The molecule has 2 heterocycles. The van der Waals surface area contributed by atoms with E-state index in [4.69, 9.17) is 9.47 Å². The van der Waals surface area contributed by atoms with Crippen molar-refractivity contribution in [1.29, 1.82) is 0 Å². The quantitative estimate of drug-likeness (QED) is 0.267. The highest BCUT2D eigenvalue weighted by atomic mass is 79.9. The summed E-state index contributed by atoms with van der Waals surface area (Å²) < 4.78 is 12.8. The van der Waals surface area contributed by atoms with Gasteiger partial charge in [0.25, 0.3) is 11.1 Å². The van der Waals surface area contributed by atoms with Crippen LogP contribution in [-0.4, -0.2) is 53.1 Å². The van der Waals surface area contributed by atoms with Gasteiger partial charge in [0.05, 0.1) is 11.5 Å². The molecule has 9 heteroatoms. The predicted molar refractivity (Wildman–Crippen MR) is 157 cm³/mol. The minimum Gasteiger partial charge on any atom is -0.490 e. The van der Waals surface area contributed by atoms with E-state index in [1.807, 2.05) is 37.3 Å². The number of carbonyl (C=O) groups excluding carboxylic acids is 3. The lowest BCUT2D eigenvalue weighted by Gasteiger charge is -2.27. The number of nitrogens with zero attached hydrogens (tertiary/aromatic N) is 2. The second kappa shape index (κ2) is 12.3. The van der Waals surface area contributed by atoms with Crippen LogP contribution in [0.15, 0.2) is 64.0 Å². The standard InChI is InChI=1S/C30H29BrN2O5S/c1-2-37-25-15-22(16-27-29(35)33(30(36)39-27)18-28(34)32-13-6-3-7-14-32)24(31)17-26(25)38-19-21-11-8-10-20-9-4-5-12-23(20)21/h4-5,8-12,15-17H,2-3,6-7,13-14,18-19H2,1H3/b27-16-. The fourth-order valence-corrected chi connectivity index (χ4v) is 6.04. The van der Waals surface area contributed by atoms with Crippen molar-refractivity contribution in [2.75, 3.05) is 26.2 Å². The topological polar surface area (TPSA) is 76.2 Å². The molecule has 7 nitrogen and oxygen atoms in total. The van der Waals surface area contributed by atoms with E-state index in [0.717, 1.165) is 52.3 Å². The minimum atomic E-state index is -0.462. The molecule has 2 aliphatic rings. The molecule has 2 saturated heterocycles. The average Bonchev–Trinajstić information content (AvgIpc) is 3.21. The fraction of sp³-hybridized carbons (Fsp3) is 0.300. The molecule has 0 bridgehead atoms. The van der Waals surface area contributed by atoms with Crippen LogP contribution in [0.4, 0.5) is 4.79 Å². The van der Waals surface area contributed by atoms with Crippen LogP contribution in [0.5, 0.6) is 11.5 Å². The van der Waals surface area contributed by atoms with Gasteiger partial charge in [-0.25, -0.2) is 0 Å². The van der Waals surface area contributed by atoms with Gasteiger partial charge < -0.3 is 14.4 Å². The first kappa shape index (κ1) is 27.3. The molecule has 0 N–H and O–H groups in total. The summed E-state index contributed by atoms with van der Waals surface area (Å²) >= 11 is 4.43. The number of ether oxygens (including phenoxy) is 2. The number of imide groups is 1. The maximum absolute atomic E-state index is 13.1. The van der Waals surface area contributed by atoms with Crippen molar-refractivity contribution in [3.63, 3.8) is 0 Å². The van der Waals surface area contributed by atoms with Crippen LogP contribution >= 0.6 is 27.7 Å². The van der Waals surface area contributed by atoms with Crippen molar-refractivity contribution in [2.24, 2.45) is 0 Å². The van der Waals surface area contributed by atoms with E-state index in [9.17, 15) is 14.4 Å². The molecule has 0 spiro atoms. The molecule has 2 fully saturated rings. The predicted octanol–water partition coefficient (Wildman–Crippen LogP) is 6.63. The first-order chi connectivity index (χ1) is 18.9. The lowest BCUT2D eigenvalue weighted by atomic mass is 10.1. The number of rotatable bonds is 8. The van der Waals surface area contributed by atoms with E-state index in [0.29, 0.717) is 47.8 Å². The number of carbonyl (C=O) groups is 3. The van der Waals surface area contributed by atoms with E-state index >= 15 is 0 Å².